The van der Waals surface area contributed by atoms with Crippen LogP contribution in [0.1, 0.15) is 55.5 Å². The number of hydrogen-bond donors (Lipinski definition) is 0. The molecular formula is C28H33N7. The van der Waals surface area contributed by atoms with E-state index in [1.165, 1.54) is 11.1 Å². The first-order chi connectivity index (χ1) is 17.0. The Morgan fingerprint density at radius 1 is 0.686 bits per heavy atom. The summed E-state index contributed by atoms with van der Waals surface area (Å²) in [6, 6.07) is 27.8. The van der Waals surface area contributed by atoms with E-state index in [0.717, 1.165) is 37.7 Å². The Labute approximate surface area is 207 Å². The molecule has 35 heavy (non-hydrogen) atoms. The van der Waals surface area contributed by atoms with Crippen LogP contribution in [0.2, 0.25) is 0 Å². The molecular weight excluding hydrogens is 434 g/mol. The highest BCUT2D eigenvalue weighted by molar-refractivity contribution is 5.32. The summed E-state index contributed by atoms with van der Waals surface area (Å²) < 4.78 is 1.94. The number of tetrazole rings is 1. The average Bonchev–Trinajstić information content (AvgIpc) is 3.38. The second kappa shape index (κ2) is 10.1. The fourth-order valence-corrected chi connectivity index (χ4v) is 5.00. The van der Waals surface area contributed by atoms with E-state index >= 15 is 0 Å². The van der Waals surface area contributed by atoms with Crippen molar-refractivity contribution in [3.05, 3.63) is 108 Å². The Morgan fingerprint density at radius 2 is 1.23 bits per heavy atom. The largest absolute Gasteiger partial charge is 0.290 e. The molecule has 0 saturated carbocycles. The van der Waals surface area contributed by atoms with Gasteiger partial charge in [-0.05, 0) is 54.5 Å². The minimum atomic E-state index is -0.223. The molecule has 1 fully saturated rings. The molecule has 0 spiro atoms. The number of hydrogen-bond acceptors (Lipinski definition) is 6. The Morgan fingerprint density at radius 3 is 1.74 bits per heavy atom. The summed E-state index contributed by atoms with van der Waals surface area (Å²) in [7, 11) is 0. The summed E-state index contributed by atoms with van der Waals surface area (Å²) in [5.41, 5.74) is 3.40. The van der Waals surface area contributed by atoms with Gasteiger partial charge in [-0.3, -0.25) is 14.8 Å². The van der Waals surface area contributed by atoms with Crippen molar-refractivity contribution in [2.75, 3.05) is 26.2 Å². The third-order valence-electron chi connectivity index (χ3n) is 6.65. The van der Waals surface area contributed by atoms with Crippen molar-refractivity contribution in [2.45, 2.75) is 38.4 Å². The van der Waals surface area contributed by atoms with Gasteiger partial charge in [-0.15, -0.1) is 5.10 Å². The molecule has 0 unspecified atom stereocenters. The van der Waals surface area contributed by atoms with Crippen molar-refractivity contribution in [3.8, 4) is 0 Å². The molecule has 7 heteroatoms. The van der Waals surface area contributed by atoms with Gasteiger partial charge in [0.05, 0.1) is 17.3 Å². The number of benzene rings is 2. The van der Waals surface area contributed by atoms with E-state index in [0.29, 0.717) is 0 Å². The highest BCUT2D eigenvalue weighted by Gasteiger charge is 2.35. The second-order valence-electron chi connectivity index (χ2n) is 10.1. The lowest BCUT2D eigenvalue weighted by Crippen LogP contribution is -2.50. The quantitative estimate of drug-likeness (QED) is 0.421. The van der Waals surface area contributed by atoms with Crippen LogP contribution in [0.4, 0.5) is 0 Å². The predicted molar refractivity (Wildman–Crippen MR) is 137 cm³/mol. The van der Waals surface area contributed by atoms with Crippen LogP contribution >= 0.6 is 0 Å². The molecule has 2 aromatic heterocycles. The Hall–Kier alpha value is -3.42. The molecule has 1 atom stereocenters. The van der Waals surface area contributed by atoms with Gasteiger partial charge in [0, 0.05) is 32.4 Å². The predicted octanol–water partition coefficient (Wildman–Crippen LogP) is 4.32. The van der Waals surface area contributed by atoms with Crippen molar-refractivity contribution < 1.29 is 0 Å². The zero-order valence-electron chi connectivity index (χ0n) is 20.7. The van der Waals surface area contributed by atoms with Gasteiger partial charge in [0.25, 0.3) is 0 Å². The second-order valence-corrected chi connectivity index (χ2v) is 10.1. The maximum atomic E-state index is 4.72. The van der Waals surface area contributed by atoms with Gasteiger partial charge in [0.15, 0.2) is 5.82 Å². The number of rotatable bonds is 6. The van der Waals surface area contributed by atoms with E-state index in [-0.39, 0.29) is 17.6 Å². The first kappa shape index (κ1) is 23.3. The molecule has 5 rings (SSSR count). The van der Waals surface area contributed by atoms with Gasteiger partial charge in [-0.1, -0.05) is 66.7 Å². The van der Waals surface area contributed by atoms with Crippen LogP contribution in [0, 0.1) is 0 Å². The maximum absolute atomic E-state index is 4.72. The Balaban J connectivity index is 1.44. The molecule has 0 amide bonds. The van der Waals surface area contributed by atoms with E-state index in [1.807, 2.05) is 23.0 Å². The van der Waals surface area contributed by atoms with Crippen molar-refractivity contribution in [3.63, 3.8) is 0 Å². The molecule has 7 nitrogen and oxygen atoms in total. The summed E-state index contributed by atoms with van der Waals surface area (Å²) in [5, 5.41) is 12.9. The molecule has 0 aliphatic carbocycles. The minimum Gasteiger partial charge on any atom is -0.290 e. The fourth-order valence-electron chi connectivity index (χ4n) is 5.00. The van der Waals surface area contributed by atoms with Crippen LogP contribution in [-0.4, -0.2) is 61.2 Å². The number of nitrogens with zero attached hydrogens (tertiary/aromatic N) is 7. The number of pyridine rings is 1. The highest BCUT2D eigenvalue weighted by Crippen LogP contribution is 2.33. The lowest BCUT2D eigenvalue weighted by molar-refractivity contribution is 0.0831. The molecule has 0 bridgehead atoms. The average molecular weight is 468 g/mol. The summed E-state index contributed by atoms with van der Waals surface area (Å²) in [6.45, 7) is 10.1. The topological polar surface area (TPSA) is 63.0 Å². The third-order valence-corrected chi connectivity index (χ3v) is 6.65. The van der Waals surface area contributed by atoms with E-state index in [1.54, 1.807) is 0 Å². The lowest BCUT2D eigenvalue weighted by atomic mass is 9.96. The zero-order chi connectivity index (χ0) is 24.3. The smallest absolute Gasteiger partial charge is 0.175 e. The van der Waals surface area contributed by atoms with Crippen molar-refractivity contribution in [1.82, 2.24) is 35.0 Å². The van der Waals surface area contributed by atoms with E-state index in [9.17, 15) is 0 Å². The molecule has 0 radical (unpaired) electrons. The van der Waals surface area contributed by atoms with Crippen LogP contribution in [-0.2, 0) is 5.54 Å². The summed E-state index contributed by atoms with van der Waals surface area (Å²) in [6.07, 6.45) is 1.85. The first-order valence-electron chi connectivity index (χ1n) is 12.3. The Kier molecular flexibility index (Phi) is 6.70. The summed E-state index contributed by atoms with van der Waals surface area (Å²) in [5.74, 6) is 0.840. The molecule has 4 aromatic rings. The van der Waals surface area contributed by atoms with Gasteiger partial charge in [0.2, 0.25) is 0 Å². The standard InChI is InChI=1S/C28H33N7/c1-28(2,3)35-27(30-31-32-35)26(24-16-10-11-17-29-24)34-20-18-33(19-21-34)25(22-12-6-4-7-13-22)23-14-8-5-9-15-23/h4-17,25-26H,18-21H2,1-3H3/t26-/m1/s1. The van der Waals surface area contributed by atoms with Gasteiger partial charge >= 0.3 is 0 Å². The molecule has 0 N–H and O–H groups in total. The number of piperazine rings is 1. The maximum Gasteiger partial charge on any atom is 0.175 e. The normalized spacial score (nSPS) is 16.5. The third kappa shape index (κ3) is 5.01. The molecule has 3 heterocycles. The monoisotopic (exact) mass is 467 g/mol. The van der Waals surface area contributed by atoms with Gasteiger partial charge < -0.3 is 0 Å². The van der Waals surface area contributed by atoms with E-state index in [2.05, 4.69) is 113 Å². The van der Waals surface area contributed by atoms with Gasteiger partial charge in [-0.2, -0.15) is 0 Å². The van der Waals surface area contributed by atoms with Gasteiger partial charge in [-0.25, -0.2) is 4.68 Å². The van der Waals surface area contributed by atoms with Crippen molar-refractivity contribution in [2.24, 2.45) is 0 Å². The molecule has 1 aliphatic rings. The van der Waals surface area contributed by atoms with Crippen molar-refractivity contribution in [1.29, 1.82) is 0 Å². The summed E-state index contributed by atoms with van der Waals surface area (Å²) in [4.78, 5) is 9.78. The van der Waals surface area contributed by atoms with Crippen molar-refractivity contribution >= 4 is 0 Å². The lowest BCUT2D eigenvalue weighted by Gasteiger charge is -2.42. The highest BCUT2D eigenvalue weighted by atomic mass is 15.6. The Bertz CT molecular complexity index is 1150. The number of aromatic nitrogens is 5. The van der Waals surface area contributed by atoms with Crippen LogP contribution in [0.15, 0.2) is 85.1 Å². The zero-order valence-corrected chi connectivity index (χ0v) is 20.7. The molecule has 2 aromatic carbocycles. The van der Waals surface area contributed by atoms with E-state index in [4.69, 9.17) is 4.98 Å². The molecule has 180 valence electrons. The van der Waals surface area contributed by atoms with Crippen LogP contribution in [0.25, 0.3) is 0 Å². The van der Waals surface area contributed by atoms with Gasteiger partial charge in [0.1, 0.15) is 6.04 Å². The van der Waals surface area contributed by atoms with Crippen LogP contribution in [0.5, 0.6) is 0 Å². The van der Waals surface area contributed by atoms with E-state index < -0.39 is 0 Å². The molecule has 1 aliphatic heterocycles. The van der Waals surface area contributed by atoms with Crippen LogP contribution < -0.4 is 0 Å². The SMILES string of the molecule is CC(C)(C)n1nnnc1[C@@H](c1ccccn1)N1CCN(C(c2ccccc2)c2ccccc2)CC1. The molecule has 1 saturated heterocycles. The fraction of sp³-hybridized carbons (Fsp3) is 0.357. The minimum absolute atomic E-state index is 0.0977. The van der Waals surface area contributed by atoms with Crippen LogP contribution in [0.3, 0.4) is 0 Å². The first-order valence-corrected chi connectivity index (χ1v) is 12.3. The summed E-state index contributed by atoms with van der Waals surface area (Å²) >= 11 is 0.